The van der Waals surface area contributed by atoms with Crippen LogP contribution in [0.2, 0.25) is 0 Å². The van der Waals surface area contributed by atoms with E-state index >= 15 is 0 Å². The molecule has 0 aliphatic carbocycles. The summed E-state index contributed by atoms with van der Waals surface area (Å²) in [5.74, 6) is 0.213. The summed E-state index contributed by atoms with van der Waals surface area (Å²) in [4.78, 5) is 7.88. The van der Waals surface area contributed by atoms with E-state index in [9.17, 15) is 10.4 Å². The van der Waals surface area contributed by atoms with Gasteiger partial charge in [-0.3, -0.25) is 0 Å². The summed E-state index contributed by atoms with van der Waals surface area (Å²) in [6, 6.07) is 16.2. The molecule has 0 amide bonds. The molecule has 7 nitrogen and oxygen atoms in total. The standard InChI is InChI=1S/C18H15N5O2/c19-9-13-16(22-18(21)23-17(13)20)12-6-7-14(24)15(8-12)25-10-11-4-2-1-3-5-11/h1-8,24H,10H2,(H4,20,21,22,23). The van der Waals surface area contributed by atoms with Crippen LogP contribution in [-0.4, -0.2) is 15.1 Å². The third kappa shape index (κ3) is 3.43. The van der Waals surface area contributed by atoms with Crippen LogP contribution in [0, 0.1) is 11.3 Å². The van der Waals surface area contributed by atoms with E-state index in [-0.39, 0.29) is 41.1 Å². The Balaban J connectivity index is 1.96. The lowest BCUT2D eigenvalue weighted by molar-refractivity contribution is 0.289. The minimum atomic E-state index is -0.0358. The van der Waals surface area contributed by atoms with Gasteiger partial charge in [0, 0.05) is 5.56 Å². The van der Waals surface area contributed by atoms with Crippen molar-refractivity contribution in [1.29, 1.82) is 5.26 Å². The van der Waals surface area contributed by atoms with E-state index in [0.717, 1.165) is 5.56 Å². The molecule has 0 aliphatic heterocycles. The van der Waals surface area contributed by atoms with Gasteiger partial charge in [-0.1, -0.05) is 30.3 Å². The quantitative estimate of drug-likeness (QED) is 0.668. The Bertz CT molecular complexity index is 952. The second-order valence-corrected chi connectivity index (χ2v) is 5.26. The summed E-state index contributed by atoms with van der Waals surface area (Å²) in [6.45, 7) is 0.289. The molecule has 7 heteroatoms. The van der Waals surface area contributed by atoms with Gasteiger partial charge in [0.1, 0.15) is 24.1 Å². The highest BCUT2D eigenvalue weighted by Crippen LogP contribution is 2.33. The normalized spacial score (nSPS) is 10.2. The molecule has 1 heterocycles. The largest absolute Gasteiger partial charge is 0.504 e. The van der Waals surface area contributed by atoms with Crippen molar-refractivity contribution in [3.05, 3.63) is 59.7 Å². The molecule has 0 unspecified atom stereocenters. The number of phenols is 1. The molecule has 0 bridgehead atoms. The van der Waals surface area contributed by atoms with Crippen molar-refractivity contribution >= 4 is 11.8 Å². The van der Waals surface area contributed by atoms with Crippen LogP contribution in [0.1, 0.15) is 11.1 Å². The molecule has 25 heavy (non-hydrogen) atoms. The molecule has 0 aliphatic rings. The van der Waals surface area contributed by atoms with Crippen LogP contribution in [0.15, 0.2) is 48.5 Å². The molecule has 0 atom stereocenters. The first-order valence-electron chi connectivity index (χ1n) is 7.41. The van der Waals surface area contributed by atoms with Crippen molar-refractivity contribution in [2.24, 2.45) is 0 Å². The minimum absolute atomic E-state index is 0.00447. The van der Waals surface area contributed by atoms with E-state index in [1.165, 1.54) is 6.07 Å². The number of aromatic hydroxyl groups is 1. The monoisotopic (exact) mass is 333 g/mol. The number of nitrogens with zero attached hydrogens (tertiary/aromatic N) is 3. The Kier molecular flexibility index (Phi) is 4.35. The highest BCUT2D eigenvalue weighted by molar-refractivity contribution is 5.74. The zero-order valence-corrected chi connectivity index (χ0v) is 13.2. The molecule has 0 radical (unpaired) electrons. The summed E-state index contributed by atoms with van der Waals surface area (Å²) in [6.07, 6.45) is 0. The lowest BCUT2D eigenvalue weighted by atomic mass is 10.1. The number of phenolic OH excluding ortho intramolecular Hbond substituents is 1. The van der Waals surface area contributed by atoms with Gasteiger partial charge in [0.2, 0.25) is 5.95 Å². The Hall–Kier alpha value is -3.79. The lowest BCUT2D eigenvalue weighted by Crippen LogP contribution is -2.05. The summed E-state index contributed by atoms with van der Waals surface area (Å²) in [5.41, 5.74) is 13.3. The van der Waals surface area contributed by atoms with E-state index in [0.29, 0.717) is 5.56 Å². The van der Waals surface area contributed by atoms with Crippen molar-refractivity contribution in [2.75, 3.05) is 11.5 Å². The molecule has 3 rings (SSSR count). The zero-order chi connectivity index (χ0) is 17.8. The number of benzene rings is 2. The first-order valence-corrected chi connectivity index (χ1v) is 7.41. The van der Waals surface area contributed by atoms with Gasteiger partial charge in [-0.2, -0.15) is 10.2 Å². The number of rotatable bonds is 4. The summed E-state index contributed by atoms with van der Waals surface area (Å²) in [5, 5.41) is 19.3. The molecule has 0 spiro atoms. The zero-order valence-electron chi connectivity index (χ0n) is 13.2. The lowest BCUT2D eigenvalue weighted by Gasteiger charge is -2.11. The maximum Gasteiger partial charge on any atom is 0.222 e. The summed E-state index contributed by atoms with van der Waals surface area (Å²) >= 11 is 0. The van der Waals surface area contributed by atoms with Gasteiger partial charge in [-0.05, 0) is 23.8 Å². The van der Waals surface area contributed by atoms with E-state index in [2.05, 4.69) is 9.97 Å². The van der Waals surface area contributed by atoms with Gasteiger partial charge >= 0.3 is 0 Å². The van der Waals surface area contributed by atoms with Crippen molar-refractivity contribution in [1.82, 2.24) is 9.97 Å². The second kappa shape index (κ2) is 6.76. The van der Waals surface area contributed by atoms with Crippen molar-refractivity contribution in [3.8, 4) is 28.8 Å². The summed E-state index contributed by atoms with van der Waals surface area (Å²) in [7, 11) is 0. The molecule has 5 N–H and O–H groups in total. The molecule has 1 aromatic heterocycles. The van der Waals surface area contributed by atoms with Gasteiger partial charge in [0.05, 0.1) is 5.69 Å². The number of ether oxygens (including phenoxy) is 1. The highest BCUT2D eigenvalue weighted by atomic mass is 16.5. The molecule has 3 aromatic rings. The molecule has 0 fully saturated rings. The van der Waals surface area contributed by atoms with E-state index < -0.39 is 0 Å². The fraction of sp³-hybridized carbons (Fsp3) is 0.0556. The van der Waals surface area contributed by atoms with Crippen LogP contribution in [0.25, 0.3) is 11.3 Å². The SMILES string of the molecule is N#Cc1c(N)nc(N)nc1-c1ccc(O)c(OCc2ccccc2)c1. The van der Waals surface area contributed by atoms with Gasteiger partial charge < -0.3 is 21.3 Å². The van der Waals surface area contributed by atoms with Crippen molar-refractivity contribution in [3.63, 3.8) is 0 Å². The number of hydrogen-bond donors (Lipinski definition) is 3. The topological polar surface area (TPSA) is 131 Å². The van der Waals surface area contributed by atoms with Crippen molar-refractivity contribution < 1.29 is 9.84 Å². The fourth-order valence-electron chi connectivity index (χ4n) is 2.33. The van der Waals surface area contributed by atoms with E-state index in [1.54, 1.807) is 12.1 Å². The number of hydrogen-bond acceptors (Lipinski definition) is 7. The van der Waals surface area contributed by atoms with Gasteiger partial charge in [-0.15, -0.1) is 0 Å². The molecule has 0 saturated heterocycles. The maximum atomic E-state index is 10.0. The Morgan fingerprint density at radius 3 is 2.56 bits per heavy atom. The van der Waals surface area contributed by atoms with E-state index in [1.807, 2.05) is 36.4 Å². The predicted octanol–water partition coefficient (Wildman–Crippen LogP) is 2.46. The Morgan fingerprint density at radius 2 is 1.84 bits per heavy atom. The van der Waals surface area contributed by atoms with Crippen LogP contribution < -0.4 is 16.2 Å². The average molecular weight is 333 g/mol. The molecular formula is C18H15N5O2. The van der Waals surface area contributed by atoms with Gasteiger partial charge in [0.25, 0.3) is 0 Å². The predicted molar refractivity (Wildman–Crippen MR) is 93.4 cm³/mol. The summed E-state index contributed by atoms with van der Waals surface area (Å²) < 4.78 is 5.68. The molecule has 2 aromatic carbocycles. The Morgan fingerprint density at radius 1 is 1.08 bits per heavy atom. The number of anilines is 2. The van der Waals surface area contributed by atoms with Crippen LogP contribution >= 0.6 is 0 Å². The van der Waals surface area contributed by atoms with E-state index in [4.69, 9.17) is 16.2 Å². The smallest absolute Gasteiger partial charge is 0.222 e. The average Bonchev–Trinajstić information content (AvgIpc) is 2.61. The van der Waals surface area contributed by atoms with Crippen LogP contribution in [0.4, 0.5) is 11.8 Å². The molecular weight excluding hydrogens is 318 g/mol. The number of nitriles is 1. The number of nitrogen functional groups attached to an aromatic ring is 2. The maximum absolute atomic E-state index is 10.0. The second-order valence-electron chi connectivity index (χ2n) is 5.26. The molecule has 124 valence electrons. The van der Waals surface area contributed by atoms with Crippen LogP contribution in [-0.2, 0) is 6.61 Å². The number of nitrogens with two attached hydrogens (primary N) is 2. The van der Waals surface area contributed by atoms with Crippen molar-refractivity contribution in [2.45, 2.75) is 6.61 Å². The Labute approximate surface area is 144 Å². The first kappa shape index (κ1) is 16.1. The van der Waals surface area contributed by atoms with Gasteiger partial charge in [-0.25, -0.2) is 4.98 Å². The molecule has 0 saturated carbocycles. The minimum Gasteiger partial charge on any atom is -0.504 e. The van der Waals surface area contributed by atoms with Crippen LogP contribution in [0.3, 0.4) is 0 Å². The third-order valence-corrected chi connectivity index (χ3v) is 3.54. The number of aromatic nitrogens is 2. The first-order chi connectivity index (χ1) is 12.1. The fourth-order valence-corrected chi connectivity index (χ4v) is 2.33. The third-order valence-electron chi connectivity index (χ3n) is 3.54. The van der Waals surface area contributed by atoms with Gasteiger partial charge in [0.15, 0.2) is 11.5 Å². The van der Waals surface area contributed by atoms with Crippen LogP contribution in [0.5, 0.6) is 11.5 Å². The highest BCUT2D eigenvalue weighted by Gasteiger charge is 2.15.